The highest BCUT2D eigenvalue weighted by Gasteiger charge is 2.13. The zero-order valence-electron chi connectivity index (χ0n) is 11.3. The second kappa shape index (κ2) is 7.01. The SMILES string of the molecule is COc1ccc(C)cc1C(=O)NCC(C)CCN. The summed E-state index contributed by atoms with van der Waals surface area (Å²) in [4.78, 5) is 12.1. The van der Waals surface area contributed by atoms with Gasteiger partial charge in [0.2, 0.25) is 0 Å². The van der Waals surface area contributed by atoms with E-state index in [1.54, 1.807) is 7.11 Å². The number of benzene rings is 1. The summed E-state index contributed by atoms with van der Waals surface area (Å²) in [6.07, 6.45) is 0.908. The first-order valence-corrected chi connectivity index (χ1v) is 6.21. The molecule has 0 aliphatic carbocycles. The van der Waals surface area contributed by atoms with Crippen molar-refractivity contribution in [3.8, 4) is 5.75 Å². The molecular weight excluding hydrogens is 228 g/mol. The fraction of sp³-hybridized carbons (Fsp3) is 0.500. The lowest BCUT2D eigenvalue weighted by Gasteiger charge is -2.13. The molecule has 100 valence electrons. The van der Waals surface area contributed by atoms with Gasteiger partial charge in [0.25, 0.3) is 5.91 Å². The van der Waals surface area contributed by atoms with Crippen LogP contribution in [0.3, 0.4) is 0 Å². The van der Waals surface area contributed by atoms with Gasteiger partial charge in [0.1, 0.15) is 5.75 Å². The number of rotatable bonds is 6. The molecule has 1 aromatic carbocycles. The Balaban J connectivity index is 2.68. The van der Waals surface area contributed by atoms with Crippen LogP contribution in [0.15, 0.2) is 18.2 Å². The zero-order chi connectivity index (χ0) is 13.5. The molecule has 1 unspecified atom stereocenters. The third-order valence-electron chi connectivity index (χ3n) is 2.87. The summed E-state index contributed by atoms with van der Waals surface area (Å²) in [5, 5.41) is 2.91. The van der Waals surface area contributed by atoms with Crippen LogP contribution in [0.1, 0.15) is 29.3 Å². The molecule has 4 heteroatoms. The maximum Gasteiger partial charge on any atom is 0.255 e. The summed E-state index contributed by atoms with van der Waals surface area (Å²) in [5.74, 6) is 0.888. The molecule has 0 saturated carbocycles. The lowest BCUT2D eigenvalue weighted by molar-refractivity contribution is 0.0944. The van der Waals surface area contributed by atoms with Crippen molar-refractivity contribution in [1.82, 2.24) is 5.32 Å². The number of hydrogen-bond acceptors (Lipinski definition) is 3. The van der Waals surface area contributed by atoms with Crippen molar-refractivity contribution in [2.75, 3.05) is 20.2 Å². The van der Waals surface area contributed by atoms with E-state index >= 15 is 0 Å². The van der Waals surface area contributed by atoms with E-state index in [4.69, 9.17) is 10.5 Å². The van der Waals surface area contributed by atoms with E-state index < -0.39 is 0 Å². The van der Waals surface area contributed by atoms with Crippen LogP contribution in [0, 0.1) is 12.8 Å². The van der Waals surface area contributed by atoms with Crippen molar-refractivity contribution >= 4 is 5.91 Å². The van der Waals surface area contributed by atoms with Gasteiger partial charge in [-0.15, -0.1) is 0 Å². The van der Waals surface area contributed by atoms with Crippen molar-refractivity contribution in [1.29, 1.82) is 0 Å². The number of methoxy groups -OCH3 is 1. The second-order valence-electron chi connectivity index (χ2n) is 4.60. The van der Waals surface area contributed by atoms with E-state index in [9.17, 15) is 4.79 Å². The van der Waals surface area contributed by atoms with Gasteiger partial charge in [-0.05, 0) is 37.9 Å². The predicted molar refractivity (Wildman–Crippen MR) is 72.9 cm³/mol. The molecule has 0 aliphatic heterocycles. The van der Waals surface area contributed by atoms with Gasteiger partial charge in [0, 0.05) is 6.54 Å². The first kappa shape index (κ1) is 14.5. The van der Waals surface area contributed by atoms with Gasteiger partial charge < -0.3 is 15.8 Å². The number of aryl methyl sites for hydroxylation is 1. The van der Waals surface area contributed by atoms with E-state index in [1.807, 2.05) is 25.1 Å². The van der Waals surface area contributed by atoms with Crippen LogP contribution >= 0.6 is 0 Å². The van der Waals surface area contributed by atoms with Crippen molar-refractivity contribution in [3.05, 3.63) is 29.3 Å². The van der Waals surface area contributed by atoms with Crippen LogP contribution in [-0.4, -0.2) is 26.1 Å². The Labute approximate surface area is 109 Å². The van der Waals surface area contributed by atoms with E-state index in [0.717, 1.165) is 12.0 Å². The Hall–Kier alpha value is -1.55. The van der Waals surface area contributed by atoms with E-state index in [0.29, 0.717) is 30.3 Å². The van der Waals surface area contributed by atoms with Gasteiger partial charge in [-0.2, -0.15) is 0 Å². The normalized spacial score (nSPS) is 12.0. The first-order valence-electron chi connectivity index (χ1n) is 6.21. The molecule has 0 spiro atoms. The Morgan fingerprint density at radius 3 is 2.83 bits per heavy atom. The smallest absolute Gasteiger partial charge is 0.255 e. The fourth-order valence-corrected chi connectivity index (χ4v) is 1.75. The van der Waals surface area contributed by atoms with Crippen LogP contribution in [0.25, 0.3) is 0 Å². The summed E-state index contributed by atoms with van der Waals surface area (Å²) in [5.41, 5.74) is 7.10. The molecule has 0 aromatic heterocycles. The predicted octanol–water partition coefficient (Wildman–Crippen LogP) is 1.72. The summed E-state index contributed by atoms with van der Waals surface area (Å²) in [7, 11) is 1.57. The van der Waals surface area contributed by atoms with Gasteiger partial charge in [-0.1, -0.05) is 18.6 Å². The Morgan fingerprint density at radius 1 is 1.50 bits per heavy atom. The first-order chi connectivity index (χ1) is 8.58. The van der Waals surface area contributed by atoms with Gasteiger partial charge in [0.15, 0.2) is 0 Å². The quantitative estimate of drug-likeness (QED) is 0.808. The molecule has 1 atom stereocenters. The van der Waals surface area contributed by atoms with Gasteiger partial charge >= 0.3 is 0 Å². The van der Waals surface area contributed by atoms with Crippen molar-refractivity contribution in [2.45, 2.75) is 20.3 Å². The molecular formula is C14H22N2O2. The number of amides is 1. The van der Waals surface area contributed by atoms with E-state index in [2.05, 4.69) is 12.2 Å². The highest BCUT2D eigenvalue weighted by atomic mass is 16.5. The number of hydrogen-bond donors (Lipinski definition) is 2. The zero-order valence-corrected chi connectivity index (χ0v) is 11.3. The molecule has 0 radical (unpaired) electrons. The van der Waals surface area contributed by atoms with Crippen LogP contribution in [0.4, 0.5) is 0 Å². The molecule has 0 bridgehead atoms. The van der Waals surface area contributed by atoms with E-state index in [1.165, 1.54) is 0 Å². The molecule has 1 amide bonds. The largest absolute Gasteiger partial charge is 0.496 e. The third kappa shape index (κ3) is 4.04. The van der Waals surface area contributed by atoms with Crippen LogP contribution < -0.4 is 15.8 Å². The summed E-state index contributed by atoms with van der Waals surface area (Å²) < 4.78 is 5.19. The summed E-state index contributed by atoms with van der Waals surface area (Å²) in [6, 6.07) is 5.57. The molecule has 1 aromatic rings. The van der Waals surface area contributed by atoms with Gasteiger partial charge in [-0.3, -0.25) is 4.79 Å². The molecule has 0 saturated heterocycles. The topological polar surface area (TPSA) is 64.3 Å². The van der Waals surface area contributed by atoms with Crippen LogP contribution in [-0.2, 0) is 0 Å². The molecule has 3 N–H and O–H groups in total. The highest BCUT2D eigenvalue weighted by Crippen LogP contribution is 2.19. The Bertz CT molecular complexity index is 405. The maximum absolute atomic E-state index is 12.1. The third-order valence-corrected chi connectivity index (χ3v) is 2.87. The standard InChI is InChI=1S/C14H22N2O2/c1-10-4-5-13(18-3)12(8-10)14(17)16-9-11(2)6-7-15/h4-5,8,11H,6-7,9,15H2,1-3H3,(H,16,17). The maximum atomic E-state index is 12.1. The molecule has 0 fully saturated rings. The minimum atomic E-state index is -0.0978. The molecule has 1 rings (SSSR count). The van der Waals surface area contributed by atoms with Crippen molar-refractivity contribution < 1.29 is 9.53 Å². The number of carbonyl (C=O) groups is 1. The van der Waals surface area contributed by atoms with Gasteiger partial charge in [-0.25, -0.2) is 0 Å². The minimum Gasteiger partial charge on any atom is -0.496 e. The second-order valence-corrected chi connectivity index (χ2v) is 4.60. The molecule has 0 heterocycles. The summed E-state index contributed by atoms with van der Waals surface area (Å²) >= 11 is 0. The monoisotopic (exact) mass is 250 g/mol. The number of nitrogens with one attached hydrogen (secondary N) is 1. The number of carbonyl (C=O) groups excluding carboxylic acids is 1. The fourth-order valence-electron chi connectivity index (χ4n) is 1.75. The lowest BCUT2D eigenvalue weighted by Crippen LogP contribution is -2.29. The molecule has 4 nitrogen and oxygen atoms in total. The molecule has 0 aliphatic rings. The number of nitrogens with two attached hydrogens (primary N) is 1. The van der Waals surface area contributed by atoms with Crippen molar-refractivity contribution in [2.24, 2.45) is 11.7 Å². The van der Waals surface area contributed by atoms with Gasteiger partial charge in [0.05, 0.1) is 12.7 Å². The average Bonchev–Trinajstić information content (AvgIpc) is 2.36. The van der Waals surface area contributed by atoms with E-state index in [-0.39, 0.29) is 5.91 Å². The van der Waals surface area contributed by atoms with Crippen LogP contribution in [0.2, 0.25) is 0 Å². The van der Waals surface area contributed by atoms with Crippen molar-refractivity contribution in [3.63, 3.8) is 0 Å². The molecule has 18 heavy (non-hydrogen) atoms. The van der Waals surface area contributed by atoms with Crippen LogP contribution in [0.5, 0.6) is 5.75 Å². The summed E-state index contributed by atoms with van der Waals surface area (Å²) in [6.45, 7) is 5.30. The lowest BCUT2D eigenvalue weighted by atomic mass is 10.1. The highest BCUT2D eigenvalue weighted by molar-refractivity contribution is 5.97. The Morgan fingerprint density at radius 2 is 2.22 bits per heavy atom. The Kier molecular flexibility index (Phi) is 5.65. The minimum absolute atomic E-state index is 0.0978. The average molecular weight is 250 g/mol. The number of ether oxygens (including phenoxy) is 1.